The van der Waals surface area contributed by atoms with Crippen LogP contribution in [0, 0.1) is 0 Å². The second-order valence-corrected chi connectivity index (χ2v) is 4.91. The molecule has 0 bridgehead atoms. The van der Waals surface area contributed by atoms with Crippen molar-refractivity contribution in [3.05, 3.63) is 36.0 Å². The number of ketones is 1. The summed E-state index contributed by atoms with van der Waals surface area (Å²) in [6.07, 6.45) is 1.85. The van der Waals surface area contributed by atoms with E-state index in [2.05, 4.69) is 6.58 Å². The second kappa shape index (κ2) is 5.41. The van der Waals surface area contributed by atoms with Gasteiger partial charge < -0.3 is 14.0 Å². The Morgan fingerprint density at radius 2 is 1.95 bits per heavy atom. The molecule has 0 saturated carbocycles. The van der Waals surface area contributed by atoms with E-state index in [-0.39, 0.29) is 5.78 Å². The number of allylic oxidation sites excluding steroid dienone is 1. The van der Waals surface area contributed by atoms with Gasteiger partial charge in [-0.25, -0.2) is 0 Å². The average molecular weight is 273 g/mol. The van der Waals surface area contributed by atoms with Crippen LogP contribution in [0.1, 0.15) is 24.2 Å². The highest BCUT2D eigenvalue weighted by Crippen LogP contribution is 2.35. The minimum Gasteiger partial charge on any atom is -0.497 e. The van der Waals surface area contributed by atoms with Crippen molar-refractivity contribution < 1.29 is 14.3 Å². The Labute approximate surface area is 118 Å². The number of carbonyl (C=O) groups excluding carboxylic acids is 1. The van der Waals surface area contributed by atoms with Crippen molar-refractivity contribution in [2.24, 2.45) is 0 Å². The maximum absolute atomic E-state index is 11.9. The predicted molar refractivity (Wildman–Crippen MR) is 79.9 cm³/mol. The third kappa shape index (κ3) is 2.41. The summed E-state index contributed by atoms with van der Waals surface area (Å²) >= 11 is 0. The van der Waals surface area contributed by atoms with Gasteiger partial charge in [0.05, 0.1) is 25.1 Å². The van der Waals surface area contributed by atoms with Crippen molar-refractivity contribution in [1.29, 1.82) is 0 Å². The molecule has 1 aromatic carbocycles. The fourth-order valence-electron chi connectivity index (χ4n) is 2.33. The lowest BCUT2D eigenvalue weighted by Crippen LogP contribution is -1.97. The number of rotatable bonds is 5. The van der Waals surface area contributed by atoms with Gasteiger partial charge in [0.2, 0.25) is 0 Å². The Balaban J connectivity index is 2.81. The summed E-state index contributed by atoms with van der Waals surface area (Å²) in [4.78, 5) is 11.9. The molecule has 0 saturated heterocycles. The van der Waals surface area contributed by atoms with Gasteiger partial charge >= 0.3 is 0 Å². The molecule has 0 radical (unpaired) electrons. The molecule has 2 aromatic rings. The number of hydrogen-bond acceptors (Lipinski definition) is 3. The molecule has 1 aromatic heterocycles. The van der Waals surface area contributed by atoms with E-state index in [0.717, 1.165) is 16.5 Å². The first-order valence-corrected chi connectivity index (χ1v) is 6.38. The number of hydrogen-bond donors (Lipinski definition) is 0. The molecule has 0 spiro atoms. The molecule has 0 fully saturated rings. The maximum Gasteiger partial charge on any atom is 0.162 e. The van der Waals surface area contributed by atoms with E-state index in [1.54, 1.807) is 27.2 Å². The van der Waals surface area contributed by atoms with Crippen LogP contribution in [0.15, 0.2) is 30.5 Å². The van der Waals surface area contributed by atoms with Crippen molar-refractivity contribution in [3.8, 4) is 11.5 Å². The Morgan fingerprint density at radius 1 is 1.25 bits per heavy atom. The Hall–Kier alpha value is -2.23. The van der Waals surface area contributed by atoms with Crippen LogP contribution in [-0.2, 0) is 6.54 Å². The van der Waals surface area contributed by atoms with Gasteiger partial charge in [0, 0.05) is 30.4 Å². The Kier molecular flexibility index (Phi) is 3.84. The quantitative estimate of drug-likeness (QED) is 0.619. The summed E-state index contributed by atoms with van der Waals surface area (Å²) in [5.41, 5.74) is 2.58. The van der Waals surface area contributed by atoms with Crippen molar-refractivity contribution in [2.75, 3.05) is 14.2 Å². The number of nitrogens with zero attached hydrogens (tertiary/aromatic N) is 1. The summed E-state index contributed by atoms with van der Waals surface area (Å²) in [6, 6.07) is 3.70. The standard InChI is InChI=1S/C16H19NO3/c1-10(2)8-17-9-13(11(3)18)16-14(17)6-12(19-4)7-15(16)20-5/h6-7,9H,1,8H2,2-5H3. The molecule has 4 heteroatoms. The van der Waals surface area contributed by atoms with Crippen molar-refractivity contribution in [3.63, 3.8) is 0 Å². The minimum atomic E-state index is 0.0129. The molecule has 2 rings (SSSR count). The zero-order valence-electron chi connectivity index (χ0n) is 12.3. The molecule has 0 atom stereocenters. The lowest BCUT2D eigenvalue weighted by Gasteiger charge is -2.09. The normalized spacial score (nSPS) is 10.6. The van der Waals surface area contributed by atoms with Crippen molar-refractivity contribution >= 4 is 16.7 Å². The number of methoxy groups -OCH3 is 2. The zero-order chi connectivity index (χ0) is 14.9. The summed E-state index contributed by atoms with van der Waals surface area (Å²) < 4.78 is 12.7. The van der Waals surface area contributed by atoms with Gasteiger partial charge in [0.25, 0.3) is 0 Å². The molecule has 0 aliphatic rings. The van der Waals surface area contributed by atoms with Crippen LogP contribution in [0.3, 0.4) is 0 Å². The topological polar surface area (TPSA) is 40.5 Å². The van der Waals surface area contributed by atoms with Crippen LogP contribution in [0.25, 0.3) is 10.9 Å². The highest BCUT2D eigenvalue weighted by Gasteiger charge is 2.17. The van der Waals surface area contributed by atoms with Crippen molar-refractivity contribution in [1.82, 2.24) is 4.57 Å². The highest BCUT2D eigenvalue weighted by atomic mass is 16.5. The second-order valence-electron chi connectivity index (χ2n) is 4.91. The minimum absolute atomic E-state index is 0.0129. The molecule has 1 heterocycles. The van der Waals surface area contributed by atoms with Gasteiger partial charge in [-0.15, -0.1) is 0 Å². The van der Waals surface area contributed by atoms with Gasteiger partial charge in [0.1, 0.15) is 11.5 Å². The molecule has 4 nitrogen and oxygen atoms in total. The van der Waals surface area contributed by atoms with Gasteiger partial charge in [-0.1, -0.05) is 12.2 Å². The van der Waals surface area contributed by atoms with E-state index >= 15 is 0 Å². The van der Waals surface area contributed by atoms with E-state index < -0.39 is 0 Å². The SMILES string of the molecule is C=C(C)Cn1cc(C(C)=O)c2c(OC)cc(OC)cc21. The monoisotopic (exact) mass is 273 g/mol. The molecule has 106 valence electrons. The molecule has 0 N–H and O–H groups in total. The van der Waals surface area contributed by atoms with Gasteiger partial charge in [-0.05, 0) is 13.8 Å². The van der Waals surface area contributed by atoms with Crippen LogP contribution in [0.2, 0.25) is 0 Å². The third-order valence-corrected chi connectivity index (χ3v) is 3.19. The summed E-state index contributed by atoms with van der Waals surface area (Å²) in [5, 5.41) is 0.821. The van der Waals surface area contributed by atoms with Crippen molar-refractivity contribution in [2.45, 2.75) is 20.4 Å². The Morgan fingerprint density at radius 3 is 2.45 bits per heavy atom. The molecule has 20 heavy (non-hydrogen) atoms. The number of Topliss-reactive ketones (excluding diaryl/α,β-unsaturated/α-hetero) is 1. The summed E-state index contributed by atoms with van der Waals surface area (Å²) in [7, 11) is 3.20. The molecule has 0 aliphatic heterocycles. The van der Waals surface area contributed by atoms with Gasteiger partial charge in [-0.3, -0.25) is 4.79 Å². The molecule has 0 aliphatic carbocycles. The highest BCUT2D eigenvalue weighted by molar-refractivity contribution is 6.09. The predicted octanol–water partition coefficient (Wildman–Crippen LogP) is 3.44. The molecular formula is C16H19NO3. The summed E-state index contributed by atoms with van der Waals surface area (Å²) in [5.74, 6) is 1.36. The lowest BCUT2D eigenvalue weighted by molar-refractivity contribution is 0.101. The fourth-order valence-corrected chi connectivity index (χ4v) is 2.33. The third-order valence-electron chi connectivity index (χ3n) is 3.19. The first kappa shape index (κ1) is 14.2. The van der Waals surface area contributed by atoms with Gasteiger partial charge in [0.15, 0.2) is 5.78 Å². The van der Waals surface area contributed by atoms with Crippen LogP contribution >= 0.6 is 0 Å². The number of carbonyl (C=O) groups is 1. The Bertz CT molecular complexity index is 683. The lowest BCUT2D eigenvalue weighted by atomic mass is 10.1. The molecular weight excluding hydrogens is 254 g/mol. The van der Waals surface area contributed by atoms with E-state index in [9.17, 15) is 4.79 Å². The maximum atomic E-state index is 11.9. The van der Waals surface area contributed by atoms with E-state index in [0.29, 0.717) is 23.6 Å². The summed E-state index contributed by atoms with van der Waals surface area (Å²) in [6.45, 7) is 8.10. The van der Waals surface area contributed by atoms with Crippen LogP contribution in [-0.4, -0.2) is 24.6 Å². The fraction of sp³-hybridized carbons (Fsp3) is 0.312. The largest absolute Gasteiger partial charge is 0.497 e. The number of ether oxygens (including phenoxy) is 2. The smallest absolute Gasteiger partial charge is 0.162 e. The number of aromatic nitrogens is 1. The number of fused-ring (bicyclic) bond motifs is 1. The van der Waals surface area contributed by atoms with Crippen LogP contribution < -0.4 is 9.47 Å². The van der Waals surface area contributed by atoms with E-state index in [1.165, 1.54) is 0 Å². The van der Waals surface area contributed by atoms with E-state index in [1.807, 2.05) is 23.8 Å². The first-order valence-electron chi connectivity index (χ1n) is 6.38. The first-order chi connectivity index (χ1) is 9.47. The average Bonchev–Trinajstić information content (AvgIpc) is 2.76. The zero-order valence-corrected chi connectivity index (χ0v) is 12.3. The molecule has 0 unspecified atom stereocenters. The number of benzene rings is 1. The van der Waals surface area contributed by atoms with E-state index in [4.69, 9.17) is 9.47 Å². The van der Waals surface area contributed by atoms with Crippen LogP contribution in [0.5, 0.6) is 11.5 Å². The molecule has 0 amide bonds. The van der Waals surface area contributed by atoms with Crippen LogP contribution in [0.4, 0.5) is 0 Å². The van der Waals surface area contributed by atoms with Gasteiger partial charge in [-0.2, -0.15) is 0 Å².